The van der Waals surface area contributed by atoms with Crippen LogP contribution in [0.25, 0.3) is 0 Å². The Bertz CT molecular complexity index is 219. The average Bonchev–Trinajstić information content (AvgIpc) is 2.15. The summed E-state index contributed by atoms with van der Waals surface area (Å²) in [6, 6.07) is 0. The van der Waals surface area contributed by atoms with Crippen LogP contribution in [-0.4, -0.2) is 13.1 Å². The van der Waals surface area contributed by atoms with Gasteiger partial charge in [0.2, 0.25) is 0 Å². The lowest BCUT2D eigenvalue weighted by molar-refractivity contribution is 0.288. The normalized spacial score (nSPS) is 22.4. The molecule has 1 rings (SSSR count). The molecule has 1 fully saturated rings. The van der Waals surface area contributed by atoms with Gasteiger partial charge < -0.3 is 5.32 Å². The van der Waals surface area contributed by atoms with Crippen molar-refractivity contribution in [2.75, 3.05) is 13.1 Å². The van der Waals surface area contributed by atoms with Gasteiger partial charge in [0.15, 0.2) is 0 Å². The summed E-state index contributed by atoms with van der Waals surface area (Å²) < 4.78 is 0. The van der Waals surface area contributed by atoms with Gasteiger partial charge in [-0.3, -0.25) is 0 Å². The Morgan fingerprint density at radius 2 is 1.92 bits per heavy atom. The highest BCUT2D eigenvalue weighted by Gasteiger charge is 2.28. The molecule has 0 aliphatic carbocycles. The van der Waals surface area contributed by atoms with Crippen molar-refractivity contribution in [2.45, 2.75) is 19.8 Å². The van der Waals surface area contributed by atoms with Crippen molar-refractivity contribution < 1.29 is 0 Å². The molecular weight excluding hydrogens is 158 g/mol. The predicted octanol–water partition coefficient (Wildman–Crippen LogP) is 2.67. The van der Waals surface area contributed by atoms with E-state index in [1.54, 1.807) is 0 Å². The van der Waals surface area contributed by atoms with Crippen molar-refractivity contribution >= 4 is 0 Å². The third kappa shape index (κ3) is 2.31. The Labute approximate surface area is 81.2 Å². The molecule has 0 aromatic heterocycles. The van der Waals surface area contributed by atoms with Crippen LogP contribution in [0.2, 0.25) is 0 Å². The minimum Gasteiger partial charge on any atom is -0.317 e. The van der Waals surface area contributed by atoms with E-state index in [0.29, 0.717) is 5.41 Å². The molecule has 1 aliphatic rings. The van der Waals surface area contributed by atoms with Crippen LogP contribution in [0, 0.1) is 5.41 Å². The Morgan fingerprint density at radius 3 is 2.38 bits per heavy atom. The quantitative estimate of drug-likeness (QED) is 0.653. The van der Waals surface area contributed by atoms with E-state index in [1.165, 1.54) is 18.4 Å². The van der Waals surface area contributed by atoms with E-state index in [0.717, 1.165) is 13.1 Å². The largest absolute Gasteiger partial charge is 0.317 e. The third-order valence-corrected chi connectivity index (χ3v) is 2.92. The predicted molar refractivity (Wildman–Crippen MR) is 58.7 cm³/mol. The highest BCUT2D eigenvalue weighted by atomic mass is 14.9. The van der Waals surface area contributed by atoms with Crippen LogP contribution in [-0.2, 0) is 0 Å². The van der Waals surface area contributed by atoms with Gasteiger partial charge >= 0.3 is 0 Å². The van der Waals surface area contributed by atoms with Crippen molar-refractivity contribution in [2.24, 2.45) is 5.41 Å². The van der Waals surface area contributed by atoms with Crippen molar-refractivity contribution in [3.8, 4) is 0 Å². The van der Waals surface area contributed by atoms with E-state index in [9.17, 15) is 0 Å². The zero-order chi connectivity index (χ0) is 9.73. The number of allylic oxidation sites excluding steroid dienone is 4. The van der Waals surface area contributed by atoms with Crippen LogP contribution < -0.4 is 5.32 Å². The molecule has 0 amide bonds. The Morgan fingerprint density at radius 1 is 1.31 bits per heavy atom. The number of hydrogen-bond acceptors (Lipinski definition) is 1. The smallest absolute Gasteiger partial charge is 0.00405 e. The van der Waals surface area contributed by atoms with E-state index >= 15 is 0 Å². The van der Waals surface area contributed by atoms with Crippen LogP contribution in [0.1, 0.15) is 19.8 Å². The van der Waals surface area contributed by atoms with Gasteiger partial charge in [0, 0.05) is 0 Å². The van der Waals surface area contributed by atoms with Crippen LogP contribution in [0.3, 0.4) is 0 Å². The third-order valence-electron chi connectivity index (χ3n) is 2.92. The topological polar surface area (TPSA) is 12.0 Å². The lowest BCUT2D eigenvalue weighted by atomic mass is 9.74. The van der Waals surface area contributed by atoms with E-state index in [4.69, 9.17) is 0 Å². The Balaban J connectivity index is 2.80. The number of hydrogen-bond donors (Lipinski definition) is 1. The second-order valence-corrected chi connectivity index (χ2v) is 3.87. The molecule has 0 unspecified atom stereocenters. The molecule has 0 bridgehead atoms. The monoisotopic (exact) mass is 177 g/mol. The maximum atomic E-state index is 3.86. The summed E-state index contributed by atoms with van der Waals surface area (Å²) in [6.45, 7) is 12.1. The van der Waals surface area contributed by atoms with Gasteiger partial charge in [-0.15, -0.1) is 0 Å². The minimum absolute atomic E-state index is 0.307. The van der Waals surface area contributed by atoms with Gasteiger partial charge in [0.1, 0.15) is 0 Å². The SMILES string of the molecule is C=C/C=C(\C=C)C1(C)CCNCC1. The zero-order valence-electron chi connectivity index (χ0n) is 8.47. The second kappa shape index (κ2) is 4.43. The first-order valence-electron chi connectivity index (χ1n) is 4.89. The zero-order valence-corrected chi connectivity index (χ0v) is 8.47. The molecule has 72 valence electrons. The van der Waals surface area contributed by atoms with Gasteiger partial charge in [0.05, 0.1) is 0 Å². The van der Waals surface area contributed by atoms with Gasteiger partial charge in [-0.1, -0.05) is 38.3 Å². The van der Waals surface area contributed by atoms with Gasteiger partial charge in [-0.25, -0.2) is 0 Å². The molecule has 1 saturated heterocycles. The van der Waals surface area contributed by atoms with E-state index in [2.05, 4.69) is 31.5 Å². The number of piperidine rings is 1. The molecule has 1 aliphatic heterocycles. The highest BCUT2D eigenvalue weighted by Crippen LogP contribution is 2.36. The molecule has 0 saturated carbocycles. The van der Waals surface area contributed by atoms with Crippen molar-refractivity contribution in [1.82, 2.24) is 5.32 Å². The van der Waals surface area contributed by atoms with Crippen LogP contribution in [0.15, 0.2) is 37.0 Å². The fourth-order valence-corrected chi connectivity index (χ4v) is 1.91. The summed E-state index contributed by atoms with van der Waals surface area (Å²) in [6.07, 6.45) is 8.28. The number of nitrogens with one attached hydrogen (secondary N) is 1. The van der Waals surface area contributed by atoms with Crippen LogP contribution >= 0.6 is 0 Å². The van der Waals surface area contributed by atoms with E-state index in [-0.39, 0.29) is 0 Å². The van der Waals surface area contributed by atoms with E-state index < -0.39 is 0 Å². The lowest BCUT2D eigenvalue weighted by Crippen LogP contribution is -2.35. The van der Waals surface area contributed by atoms with Crippen molar-refractivity contribution in [3.05, 3.63) is 37.0 Å². The summed E-state index contributed by atoms with van der Waals surface area (Å²) >= 11 is 0. The summed E-state index contributed by atoms with van der Waals surface area (Å²) in [5.74, 6) is 0. The van der Waals surface area contributed by atoms with Crippen LogP contribution in [0.4, 0.5) is 0 Å². The fourth-order valence-electron chi connectivity index (χ4n) is 1.91. The summed E-state index contributed by atoms with van der Waals surface area (Å²) in [7, 11) is 0. The maximum absolute atomic E-state index is 3.86. The van der Waals surface area contributed by atoms with Gasteiger partial charge in [-0.05, 0) is 36.9 Å². The summed E-state index contributed by atoms with van der Waals surface area (Å²) in [5, 5.41) is 3.37. The Hall–Kier alpha value is -0.820. The molecule has 1 heterocycles. The average molecular weight is 177 g/mol. The van der Waals surface area contributed by atoms with Crippen molar-refractivity contribution in [1.29, 1.82) is 0 Å². The minimum atomic E-state index is 0.307. The lowest BCUT2D eigenvalue weighted by Gasteiger charge is -2.35. The highest BCUT2D eigenvalue weighted by molar-refractivity contribution is 5.28. The first kappa shape index (κ1) is 10.3. The summed E-state index contributed by atoms with van der Waals surface area (Å²) in [5.41, 5.74) is 1.63. The second-order valence-electron chi connectivity index (χ2n) is 3.87. The first-order valence-corrected chi connectivity index (χ1v) is 4.89. The molecule has 13 heavy (non-hydrogen) atoms. The standard InChI is InChI=1S/C12H19N/c1-4-6-11(5-2)12(3)7-9-13-10-8-12/h4-6,13H,1-2,7-10H2,3H3/b11-6+. The van der Waals surface area contributed by atoms with E-state index in [1.807, 2.05) is 12.2 Å². The molecular formula is C12H19N. The van der Waals surface area contributed by atoms with Crippen LogP contribution in [0.5, 0.6) is 0 Å². The Kier molecular flexibility index (Phi) is 3.49. The molecule has 0 aromatic carbocycles. The summed E-state index contributed by atoms with van der Waals surface area (Å²) in [4.78, 5) is 0. The molecule has 0 atom stereocenters. The first-order chi connectivity index (χ1) is 6.23. The number of rotatable bonds is 3. The molecule has 1 nitrogen and oxygen atoms in total. The molecule has 1 N–H and O–H groups in total. The van der Waals surface area contributed by atoms with Crippen molar-refractivity contribution in [3.63, 3.8) is 0 Å². The molecule has 1 heteroatoms. The molecule has 0 aromatic rings. The maximum Gasteiger partial charge on any atom is -0.00405 e. The van der Waals surface area contributed by atoms with Gasteiger partial charge in [0.25, 0.3) is 0 Å². The molecule has 0 radical (unpaired) electrons. The molecule has 0 spiro atoms. The van der Waals surface area contributed by atoms with Gasteiger partial charge in [-0.2, -0.15) is 0 Å². The fraction of sp³-hybridized carbons (Fsp3) is 0.500.